The second-order valence-electron chi connectivity index (χ2n) is 9.01. The minimum absolute atomic E-state index is 0.0394. The van der Waals surface area contributed by atoms with Crippen molar-refractivity contribution in [3.63, 3.8) is 0 Å². The molecule has 1 aliphatic rings. The van der Waals surface area contributed by atoms with Crippen LogP contribution in [0.5, 0.6) is 5.75 Å². The maximum Gasteiger partial charge on any atom is 0.269 e. The highest BCUT2D eigenvalue weighted by Crippen LogP contribution is 2.22. The molecule has 1 fully saturated rings. The minimum Gasteiger partial charge on any atom is -0.491 e. The van der Waals surface area contributed by atoms with Gasteiger partial charge in [-0.25, -0.2) is 4.68 Å². The molecule has 0 bridgehead atoms. The van der Waals surface area contributed by atoms with Gasteiger partial charge in [0.1, 0.15) is 5.75 Å². The molecule has 1 aromatic heterocycles. The molecule has 2 aromatic carbocycles. The molecule has 0 spiro atoms. The molecule has 1 saturated heterocycles. The van der Waals surface area contributed by atoms with Crippen LogP contribution >= 0.6 is 0 Å². The van der Waals surface area contributed by atoms with Gasteiger partial charge in [0.25, 0.3) is 5.56 Å². The van der Waals surface area contributed by atoms with Crippen molar-refractivity contribution < 1.29 is 9.53 Å². The first-order valence-corrected chi connectivity index (χ1v) is 11.9. The number of benzene rings is 2. The predicted molar refractivity (Wildman–Crippen MR) is 133 cm³/mol. The largest absolute Gasteiger partial charge is 0.491 e. The second kappa shape index (κ2) is 11.0. The monoisotopic (exact) mass is 460 g/mol. The highest BCUT2D eigenvalue weighted by atomic mass is 16.5. The molecular formula is C27H32N4O3. The van der Waals surface area contributed by atoms with Crippen LogP contribution in [-0.4, -0.2) is 34.9 Å². The quantitative estimate of drug-likeness (QED) is 0.556. The fourth-order valence-corrected chi connectivity index (χ4v) is 4.19. The van der Waals surface area contributed by atoms with Crippen LogP contribution in [0.25, 0.3) is 0 Å². The average molecular weight is 461 g/mol. The third-order valence-corrected chi connectivity index (χ3v) is 5.95. The van der Waals surface area contributed by atoms with Crippen molar-refractivity contribution in [2.24, 2.45) is 5.92 Å². The summed E-state index contributed by atoms with van der Waals surface area (Å²) in [6.45, 7) is 6.30. The van der Waals surface area contributed by atoms with Gasteiger partial charge in [0.05, 0.1) is 30.5 Å². The number of carbonyl (C=O) groups is 1. The Morgan fingerprint density at radius 1 is 1.12 bits per heavy atom. The van der Waals surface area contributed by atoms with E-state index < -0.39 is 0 Å². The van der Waals surface area contributed by atoms with Gasteiger partial charge in [0.15, 0.2) is 0 Å². The Hall–Kier alpha value is -3.61. The van der Waals surface area contributed by atoms with Gasteiger partial charge in [-0.1, -0.05) is 42.5 Å². The Bertz CT molecular complexity index is 1140. The summed E-state index contributed by atoms with van der Waals surface area (Å²) in [6.07, 6.45) is 3.59. The lowest BCUT2D eigenvalue weighted by atomic mass is 9.96. The number of ether oxygens (including phenoxy) is 1. The van der Waals surface area contributed by atoms with Crippen LogP contribution in [0, 0.1) is 5.92 Å². The summed E-state index contributed by atoms with van der Waals surface area (Å²) in [4.78, 5) is 27.6. The Morgan fingerprint density at radius 2 is 1.88 bits per heavy atom. The molecule has 0 radical (unpaired) electrons. The van der Waals surface area contributed by atoms with Crippen LogP contribution in [-0.2, 0) is 17.9 Å². The number of piperidine rings is 1. The van der Waals surface area contributed by atoms with E-state index in [0.29, 0.717) is 19.6 Å². The number of rotatable bonds is 8. The van der Waals surface area contributed by atoms with E-state index in [1.165, 1.54) is 4.68 Å². The van der Waals surface area contributed by atoms with E-state index in [-0.39, 0.29) is 23.5 Å². The highest BCUT2D eigenvalue weighted by molar-refractivity contribution is 5.79. The SMILES string of the molecule is CC(C)Oc1ccc(CNC(=O)[C@H]2CCCN(c3cnn(Cc4ccccc4)c(=O)c3)C2)cc1. The number of nitrogens with zero attached hydrogens (tertiary/aromatic N) is 3. The van der Waals surface area contributed by atoms with Crippen molar-refractivity contribution in [1.29, 1.82) is 0 Å². The van der Waals surface area contributed by atoms with E-state index >= 15 is 0 Å². The molecule has 0 saturated carbocycles. The number of carbonyl (C=O) groups excluding carboxylic acids is 1. The van der Waals surface area contributed by atoms with Crippen LogP contribution in [0.2, 0.25) is 0 Å². The van der Waals surface area contributed by atoms with E-state index in [1.807, 2.05) is 68.4 Å². The standard InChI is InChI=1S/C27H32N4O3/c1-20(2)34-25-12-10-21(11-13-25)16-28-27(33)23-9-6-14-30(19-23)24-15-26(32)31(29-17-24)18-22-7-4-3-5-8-22/h3-5,7-8,10-13,15,17,20,23H,6,9,14,16,18-19H2,1-2H3,(H,28,33)/t23-/m0/s1. The summed E-state index contributed by atoms with van der Waals surface area (Å²) in [7, 11) is 0. The van der Waals surface area contributed by atoms with Crippen molar-refractivity contribution in [1.82, 2.24) is 15.1 Å². The van der Waals surface area contributed by atoms with Crippen LogP contribution in [0.4, 0.5) is 5.69 Å². The molecule has 0 aliphatic carbocycles. The summed E-state index contributed by atoms with van der Waals surface area (Å²) < 4.78 is 7.13. The van der Waals surface area contributed by atoms with Crippen molar-refractivity contribution in [2.45, 2.75) is 45.9 Å². The second-order valence-corrected chi connectivity index (χ2v) is 9.01. The predicted octanol–water partition coefficient (Wildman–Crippen LogP) is 3.61. The van der Waals surface area contributed by atoms with Gasteiger partial charge in [-0.3, -0.25) is 9.59 Å². The van der Waals surface area contributed by atoms with Crippen LogP contribution in [0.3, 0.4) is 0 Å². The van der Waals surface area contributed by atoms with E-state index in [0.717, 1.165) is 42.0 Å². The van der Waals surface area contributed by atoms with Crippen LogP contribution in [0.1, 0.15) is 37.8 Å². The summed E-state index contributed by atoms with van der Waals surface area (Å²) in [5.41, 5.74) is 2.69. The molecule has 2 heterocycles. The zero-order valence-electron chi connectivity index (χ0n) is 19.8. The molecule has 178 valence electrons. The van der Waals surface area contributed by atoms with E-state index in [1.54, 1.807) is 12.3 Å². The molecular weight excluding hydrogens is 428 g/mol. The molecule has 1 N–H and O–H groups in total. The summed E-state index contributed by atoms with van der Waals surface area (Å²) >= 11 is 0. The molecule has 4 rings (SSSR count). The number of hydrogen-bond donors (Lipinski definition) is 1. The Balaban J connectivity index is 1.33. The number of aromatic nitrogens is 2. The summed E-state index contributed by atoms with van der Waals surface area (Å²) in [5.74, 6) is 0.744. The minimum atomic E-state index is -0.141. The van der Waals surface area contributed by atoms with Crippen LogP contribution in [0.15, 0.2) is 71.7 Å². The molecule has 3 aromatic rings. The van der Waals surface area contributed by atoms with Gasteiger partial charge in [-0.15, -0.1) is 0 Å². The van der Waals surface area contributed by atoms with Gasteiger partial charge < -0.3 is 15.0 Å². The fourth-order valence-electron chi connectivity index (χ4n) is 4.19. The third-order valence-electron chi connectivity index (χ3n) is 5.95. The highest BCUT2D eigenvalue weighted by Gasteiger charge is 2.26. The van der Waals surface area contributed by atoms with Crippen molar-refractivity contribution >= 4 is 11.6 Å². The van der Waals surface area contributed by atoms with Gasteiger partial charge in [-0.2, -0.15) is 5.10 Å². The Labute approximate surface area is 200 Å². The van der Waals surface area contributed by atoms with Crippen molar-refractivity contribution in [2.75, 3.05) is 18.0 Å². The van der Waals surface area contributed by atoms with Crippen molar-refractivity contribution in [3.05, 3.63) is 88.3 Å². The first kappa shape index (κ1) is 23.5. The van der Waals surface area contributed by atoms with E-state index in [2.05, 4.69) is 15.3 Å². The number of hydrogen-bond acceptors (Lipinski definition) is 5. The molecule has 7 nitrogen and oxygen atoms in total. The Kier molecular flexibility index (Phi) is 7.62. The molecule has 1 aliphatic heterocycles. The maximum absolute atomic E-state index is 12.8. The fraction of sp³-hybridized carbons (Fsp3) is 0.370. The zero-order chi connectivity index (χ0) is 23.9. The van der Waals surface area contributed by atoms with E-state index in [4.69, 9.17) is 4.74 Å². The number of nitrogens with one attached hydrogen (secondary N) is 1. The summed E-state index contributed by atoms with van der Waals surface area (Å²) in [6, 6.07) is 19.2. The van der Waals surface area contributed by atoms with Gasteiger partial charge in [0, 0.05) is 25.7 Å². The van der Waals surface area contributed by atoms with Crippen LogP contribution < -0.4 is 20.5 Å². The first-order chi connectivity index (χ1) is 16.5. The lowest BCUT2D eigenvalue weighted by Gasteiger charge is -2.33. The molecule has 1 atom stereocenters. The normalized spacial score (nSPS) is 15.9. The average Bonchev–Trinajstić information content (AvgIpc) is 2.85. The van der Waals surface area contributed by atoms with Gasteiger partial charge in [0.2, 0.25) is 5.91 Å². The topological polar surface area (TPSA) is 76.5 Å². The molecule has 7 heteroatoms. The Morgan fingerprint density at radius 3 is 2.59 bits per heavy atom. The third kappa shape index (κ3) is 6.25. The molecule has 0 unspecified atom stereocenters. The lowest BCUT2D eigenvalue weighted by molar-refractivity contribution is -0.125. The summed E-state index contributed by atoms with van der Waals surface area (Å²) in [5, 5.41) is 7.43. The zero-order valence-corrected chi connectivity index (χ0v) is 19.8. The smallest absolute Gasteiger partial charge is 0.269 e. The van der Waals surface area contributed by atoms with Crippen molar-refractivity contribution in [3.8, 4) is 5.75 Å². The van der Waals surface area contributed by atoms with E-state index in [9.17, 15) is 9.59 Å². The molecule has 34 heavy (non-hydrogen) atoms. The molecule has 1 amide bonds. The number of amides is 1. The number of anilines is 1. The maximum atomic E-state index is 12.8. The lowest BCUT2D eigenvalue weighted by Crippen LogP contribution is -2.43. The first-order valence-electron chi connectivity index (χ1n) is 11.9. The van der Waals surface area contributed by atoms with Gasteiger partial charge in [-0.05, 0) is 49.9 Å². The van der Waals surface area contributed by atoms with Gasteiger partial charge >= 0.3 is 0 Å².